The van der Waals surface area contributed by atoms with E-state index in [4.69, 9.17) is 18.4 Å². The number of benzene rings is 1. The van der Waals surface area contributed by atoms with E-state index in [0.717, 1.165) is 24.6 Å². The van der Waals surface area contributed by atoms with Gasteiger partial charge in [0.2, 0.25) is 5.89 Å². The molecule has 0 bridgehead atoms. The van der Waals surface area contributed by atoms with Crippen molar-refractivity contribution in [1.82, 2.24) is 24.9 Å². The lowest BCUT2D eigenvalue weighted by atomic mass is 9.91. The Morgan fingerprint density at radius 2 is 1.76 bits per heavy atom. The first kappa shape index (κ1) is 19.2. The Morgan fingerprint density at radius 1 is 1.00 bits per heavy atom. The van der Waals surface area contributed by atoms with Crippen LogP contribution in [0.5, 0.6) is 0 Å². The van der Waals surface area contributed by atoms with Crippen molar-refractivity contribution < 1.29 is 13.3 Å². The molecular formula is C23H23N5O5. The fraction of sp³-hybridized carbons (Fsp3) is 0.522. The van der Waals surface area contributed by atoms with E-state index in [1.807, 2.05) is 13.8 Å². The third-order valence-corrected chi connectivity index (χ3v) is 7.59. The molecular weight excluding hydrogens is 426 g/mol. The van der Waals surface area contributed by atoms with Gasteiger partial charge in [0, 0.05) is 31.1 Å². The summed E-state index contributed by atoms with van der Waals surface area (Å²) in [5.41, 5.74) is -0.643. The van der Waals surface area contributed by atoms with Crippen LogP contribution in [-0.2, 0) is 0 Å². The molecule has 33 heavy (non-hydrogen) atoms. The average Bonchev–Trinajstić information content (AvgIpc) is 3.18. The van der Waals surface area contributed by atoms with E-state index in [0.29, 0.717) is 34.7 Å². The molecule has 2 aliphatic carbocycles. The highest BCUT2D eigenvalue weighted by Gasteiger charge is 2.60. The summed E-state index contributed by atoms with van der Waals surface area (Å²) >= 11 is 0. The number of hydrogen-bond donors (Lipinski definition) is 0. The van der Waals surface area contributed by atoms with E-state index in [9.17, 15) is 9.59 Å². The maximum atomic E-state index is 11.9. The Labute approximate surface area is 187 Å². The summed E-state index contributed by atoms with van der Waals surface area (Å²) in [6.45, 7) is 6.22. The molecule has 1 aromatic carbocycles. The highest BCUT2D eigenvalue weighted by molar-refractivity contribution is 6.07. The second kappa shape index (κ2) is 6.63. The first-order chi connectivity index (χ1) is 16.0. The second-order valence-electron chi connectivity index (χ2n) is 9.79. The Hall–Kier alpha value is -3.27. The minimum Gasteiger partial charge on any atom is -0.419 e. The molecule has 3 aliphatic rings. The molecule has 7 rings (SSSR count). The molecule has 0 radical (unpaired) electrons. The topological polar surface area (TPSA) is 120 Å². The van der Waals surface area contributed by atoms with Crippen LogP contribution < -0.4 is 11.3 Å². The fourth-order valence-electron chi connectivity index (χ4n) is 5.63. The van der Waals surface area contributed by atoms with Gasteiger partial charge in [-0.15, -0.1) is 10.2 Å². The van der Waals surface area contributed by atoms with Crippen molar-refractivity contribution in [1.29, 1.82) is 0 Å². The number of rotatable bonds is 4. The molecule has 2 saturated carbocycles. The van der Waals surface area contributed by atoms with Gasteiger partial charge in [0.05, 0.1) is 10.9 Å². The summed E-state index contributed by atoms with van der Waals surface area (Å²) in [6.07, 6.45) is 4.00. The molecule has 2 unspecified atom stereocenters. The van der Waals surface area contributed by atoms with Gasteiger partial charge in [-0.25, -0.2) is 9.59 Å². The van der Waals surface area contributed by atoms with Gasteiger partial charge in [-0.2, -0.15) is 5.10 Å². The van der Waals surface area contributed by atoms with Crippen LogP contribution in [0.25, 0.3) is 33.7 Å². The third-order valence-electron chi connectivity index (χ3n) is 7.59. The molecule has 10 nitrogen and oxygen atoms in total. The quantitative estimate of drug-likeness (QED) is 0.433. The maximum absolute atomic E-state index is 11.9. The summed E-state index contributed by atoms with van der Waals surface area (Å²) in [4.78, 5) is 26.2. The summed E-state index contributed by atoms with van der Waals surface area (Å²) < 4.78 is 18.4. The minimum atomic E-state index is -1.06. The van der Waals surface area contributed by atoms with E-state index < -0.39 is 11.3 Å². The normalized spacial score (nSPS) is 25.2. The molecule has 0 amide bonds. The van der Waals surface area contributed by atoms with Crippen LogP contribution >= 0.6 is 0 Å². The summed E-state index contributed by atoms with van der Waals surface area (Å²) in [6, 6.07) is 4.19. The lowest BCUT2D eigenvalue weighted by Crippen LogP contribution is -2.40. The van der Waals surface area contributed by atoms with Crippen LogP contribution in [0.15, 0.2) is 35.0 Å². The van der Waals surface area contributed by atoms with Gasteiger partial charge in [-0.3, -0.25) is 9.58 Å². The molecule has 3 fully saturated rings. The zero-order chi connectivity index (χ0) is 22.4. The van der Waals surface area contributed by atoms with E-state index in [-0.39, 0.29) is 23.1 Å². The van der Waals surface area contributed by atoms with Crippen LogP contribution in [0, 0.1) is 11.8 Å². The number of fused-ring (bicyclic) bond motifs is 4. The summed E-state index contributed by atoms with van der Waals surface area (Å²) in [7, 11) is 0. The average molecular weight is 449 g/mol. The molecule has 2 atom stereocenters. The van der Waals surface area contributed by atoms with E-state index >= 15 is 0 Å². The Morgan fingerprint density at radius 3 is 2.45 bits per heavy atom. The third kappa shape index (κ3) is 2.73. The van der Waals surface area contributed by atoms with Crippen molar-refractivity contribution in [3.63, 3.8) is 0 Å². The standard InChI is InChI=1S/C23H23N5O5/c1-10(2)28-14-6-7-15-19(32-23(30)22(29)31-15)17(14)18(26-28)21-25-24-20(33-21)16-12-8-27(9-13(12)16)11-4-3-5-11/h6-7,10-13,16H,3-5,8-9H2,1-2H3. The van der Waals surface area contributed by atoms with Crippen molar-refractivity contribution in [2.75, 3.05) is 13.1 Å². The first-order valence-electron chi connectivity index (χ1n) is 11.6. The minimum absolute atomic E-state index is 0.0313. The molecule has 4 heterocycles. The molecule has 0 N–H and O–H groups in total. The number of aromatic nitrogens is 4. The molecule has 170 valence electrons. The van der Waals surface area contributed by atoms with Crippen LogP contribution in [0.3, 0.4) is 0 Å². The monoisotopic (exact) mass is 449 g/mol. The van der Waals surface area contributed by atoms with Crippen LogP contribution in [0.1, 0.15) is 51.0 Å². The SMILES string of the molecule is CC(C)n1nc(-c2nnc(C3C4CN(C5CCC5)CC43)o2)c2c3oc(=O)c(=O)oc3ccc21. The van der Waals surface area contributed by atoms with Gasteiger partial charge in [0.15, 0.2) is 16.9 Å². The Balaban J connectivity index is 1.30. The van der Waals surface area contributed by atoms with Crippen LogP contribution in [0.4, 0.5) is 0 Å². The summed E-state index contributed by atoms with van der Waals surface area (Å²) in [5, 5.41) is 13.9. The van der Waals surface area contributed by atoms with Gasteiger partial charge in [-0.05, 0) is 50.7 Å². The highest BCUT2D eigenvalue weighted by Crippen LogP contribution is 2.59. The van der Waals surface area contributed by atoms with Crippen molar-refractivity contribution in [2.45, 2.75) is 51.1 Å². The van der Waals surface area contributed by atoms with E-state index in [2.05, 4.69) is 15.1 Å². The molecule has 1 saturated heterocycles. The fourth-order valence-corrected chi connectivity index (χ4v) is 5.63. The van der Waals surface area contributed by atoms with Gasteiger partial charge in [0.1, 0.15) is 0 Å². The molecule has 4 aromatic rings. The number of nitrogens with zero attached hydrogens (tertiary/aromatic N) is 5. The van der Waals surface area contributed by atoms with E-state index in [1.165, 1.54) is 19.3 Å². The Bertz CT molecular complexity index is 1510. The van der Waals surface area contributed by atoms with Crippen molar-refractivity contribution >= 4 is 22.1 Å². The van der Waals surface area contributed by atoms with E-state index in [1.54, 1.807) is 16.8 Å². The van der Waals surface area contributed by atoms with Crippen molar-refractivity contribution in [3.05, 3.63) is 38.9 Å². The lowest BCUT2D eigenvalue weighted by Gasteiger charge is -2.35. The molecule has 1 aliphatic heterocycles. The number of piperidine rings is 1. The predicted octanol–water partition coefficient (Wildman–Crippen LogP) is 2.92. The number of likely N-dealkylation sites (tertiary alicyclic amines) is 1. The van der Waals surface area contributed by atoms with Gasteiger partial charge < -0.3 is 13.3 Å². The van der Waals surface area contributed by atoms with Gasteiger partial charge >= 0.3 is 11.3 Å². The zero-order valence-electron chi connectivity index (χ0n) is 18.4. The highest BCUT2D eigenvalue weighted by atomic mass is 16.5. The van der Waals surface area contributed by atoms with Gasteiger partial charge in [0.25, 0.3) is 5.89 Å². The van der Waals surface area contributed by atoms with Crippen molar-refractivity contribution in [3.8, 4) is 11.6 Å². The largest absolute Gasteiger partial charge is 0.423 e. The first-order valence-corrected chi connectivity index (χ1v) is 11.6. The lowest BCUT2D eigenvalue weighted by molar-refractivity contribution is 0.139. The smallest absolute Gasteiger partial charge is 0.419 e. The van der Waals surface area contributed by atoms with Gasteiger partial charge in [-0.1, -0.05) is 6.42 Å². The second-order valence-corrected chi connectivity index (χ2v) is 9.79. The van der Waals surface area contributed by atoms with Crippen molar-refractivity contribution in [2.24, 2.45) is 11.8 Å². The Kier molecular flexibility index (Phi) is 3.86. The number of hydrogen-bond acceptors (Lipinski definition) is 9. The maximum Gasteiger partial charge on any atom is 0.423 e. The molecule has 3 aromatic heterocycles. The van der Waals surface area contributed by atoms with Crippen LogP contribution in [-0.4, -0.2) is 44.0 Å². The molecule has 0 spiro atoms. The zero-order valence-corrected chi connectivity index (χ0v) is 18.4. The predicted molar refractivity (Wildman–Crippen MR) is 117 cm³/mol. The molecule has 10 heteroatoms. The summed E-state index contributed by atoms with van der Waals surface area (Å²) in [5.74, 6) is 2.38. The van der Waals surface area contributed by atoms with Crippen LogP contribution in [0.2, 0.25) is 0 Å².